The molecule has 84 valence electrons. The van der Waals surface area contributed by atoms with E-state index in [2.05, 4.69) is 0 Å². The monoisotopic (exact) mass is 224 g/mol. The van der Waals surface area contributed by atoms with Gasteiger partial charge in [0.25, 0.3) is 0 Å². The highest BCUT2D eigenvalue weighted by atomic mass is 19.3. The van der Waals surface area contributed by atoms with Gasteiger partial charge >= 0.3 is 11.9 Å². The average Bonchev–Trinajstić information content (AvgIpc) is 2.25. The molecular weight excluding hydrogens is 214 g/mol. The van der Waals surface area contributed by atoms with E-state index in [1.807, 2.05) is 0 Å². The summed E-state index contributed by atoms with van der Waals surface area (Å²) in [7, 11) is 0. The van der Waals surface area contributed by atoms with Gasteiger partial charge < -0.3 is 4.74 Å². The van der Waals surface area contributed by atoms with E-state index in [1.165, 1.54) is 19.1 Å². The molecule has 0 fully saturated rings. The van der Waals surface area contributed by atoms with E-state index >= 15 is 0 Å². The Kier molecular flexibility index (Phi) is 2.50. The Morgan fingerprint density at radius 1 is 1.25 bits per heavy atom. The molecular formula is C12H10F2O2. The molecule has 0 aromatic heterocycles. The predicted octanol–water partition coefficient (Wildman–Crippen LogP) is 2.87. The maximum absolute atomic E-state index is 13.8. The zero-order chi connectivity index (χ0) is 11.8. The molecule has 1 atom stereocenters. The van der Waals surface area contributed by atoms with Crippen LogP contribution >= 0.6 is 0 Å². The van der Waals surface area contributed by atoms with E-state index < -0.39 is 18.0 Å². The van der Waals surface area contributed by atoms with Crippen molar-refractivity contribution in [2.24, 2.45) is 0 Å². The quantitative estimate of drug-likeness (QED) is 0.685. The van der Waals surface area contributed by atoms with Crippen molar-refractivity contribution in [3.05, 3.63) is 47.5 Å². The Hall–Kier alpha value is -1.71. The molecule has 1 aliphatic rings. The van der Waals surface area contributed by atoms with Crippen LogP contribution in [-0.2, 0) is 9.53 Å². The maximum atomic E-state index is 13.8. The minimum absolute atomic E-state index is 0.266. The minimum atomic E-state index is -3.14. The topological polar surface area (TPSA) is 26.3 Å². The highest BCUT2D eigenvalue weighted by Crippen LogP contribution is 2.42. The van der Waals surface area contributed by atoms with Crippen molar-refractivity contribution < 1.29 is 18.3 Å². The van der Waals surface area contributed by atoms with Gasteiger partial charge in [0.15, 0.2) is 6.10 Å². The smallest absolute Gasteiger partial charge is 0.331 e. The number of ether oxygens (including phenoxy) is 1. The van der Waals surface area contributed by atoms with Gasteiger partial charge in [-0.1, -0.05) is 30.3 Å². The Morgan fingerprint density at radius 3 is 2.50 bits per heavy atom. The Labute approximate surface area is 91.5 Å². The standard InChI is InChI=1S/C12H10F2O2/c1-8-7-10(15)16-11(12(8,13)14)9-5-3-2-4-6-9/h2-7,11H,1H3. The summed E-state index contributed by atoms with van der Waals surface area (Å²) < 4.78 is 32.2. The number of alkyl halides is 2. The van der Waals surface area contributed by atoms with Crippen LogP contribution in [0, 0.1) is 0 Å². The third kappa shape index (κ3) is 1.71. The van der Waals surface area contributed by atoms with Crippen LogP contribution in [0.3, 0.4) is 0 Å². The molecule has 2 rings (SSSR count). The molecule has 4 heteroatoms. The zero-order valence-corrected chi connectivity index (χ0v) is 8.61. The van der Waals surface area contributed by atoms with E-state index in [9.17, 15) is 13.6 Å². The number of esters is 1. The lowest BCUT2D eigenvalue weighted by Gasteiger charge is -2.30. The first-order valence-corrected chi connectivity index (χ1v) is 4.84. The largest absolute Gasteiger partial charge is 0.447 e. The van der Waals surface area contributed by atoms with Crippen molar-refractivity contribution in [2.75, 3.05) is 0 Å². The highest BCUT2D eigenvalue weighted by molar-refractivity contribution is 5.84. The molecule has 1 heterocycles. The van der Waals surface area contributed by atoms with E-state index in [0.717, 1.165) is 6.08 Å². The van der Waals surface area contributed by atoms with Crippen molar-refractivity contribution in [3.8, 4) is 0 Å². The SMILES string of the molecule is CC1=CC(=O)OC(c2ccccc2)C1(F)F. The lowest BCUT2D eigenvalue weighted by molar-refractivity contribution is -0.167. The number of carbonyl (C=O) groups is 1. The first-order valence-electron chi connectivity index (χ1n) is 4.84. The number of rotatable bonds is 1. The summed E-state index contributed by atoms with van der Waals surface area (Å²) in [6, 6.07) is 8.02. The summed E-state index contributed by atoms with van der Waals surface area (Å²) in [5.41, 5.74) is 0.0332. The minimum Gasteiger partial charge on any atom is -0.447 e. The van der Waals surface area contributed by atoms with Gasteiger partial charge in [-0.15, -0.1) is 0 Å². The number of hydrogen-bond donors (Lipinski definition) is 0. The lowest BCUT2D eigenvalue weighted by Crippen LogP contribution is -2.35. The number of cyclic esters (lactones) is 1. The Balaban J connectivity index is 2.43. The van der Waals surface area contributed by atoms with Crippen LogP contribution in [-0.4, -0.2) is 11.9 Å². The molecule has 1 aliphatic heterocycles. The Morgan fingerprint density at radius 2 is 1.88 bits per heavy atom. The molecule has 0 bridgehead atoms. The third-order valence-electron chi connectivity index (χ3n) is 2.53. The molecule has 0 saturated heterocycles. The number of halogens is 2. The predicted molar refractivity (Wildman–Crippen MR) is 54.0 cm³/mol. The van der Waals surface area contributed by atoms with E-state index in [-0.39, 0.29) is 5.57 Å². The van der Waals surface area contributed by atoms with Crippen LogP contribution in [0.4, 0.5) is 8.78 Å². The summed E-state index contributed by atoms with van der Waals surface area (Å²) in [6.07, 6.45) is -0.689. The zero-order valence-electron chi connectivity index (χ0n) is 8.61. The first kappa shape index (κ1) is 10.8. The normalized spacial score (nSPS) is 23.6. The summed E-state index contributed by atoms with van der Waals surface area (Å²) in [5.74, 6) is -3.87. The third-order valence-corrected chi connectivity index (χ3v) is 2.53. The van der Waals surface area contributed by atoms with Gasteiger partial charge in [0, 0.05) is 11.6 Å². The van der Waals surface area contributed by atoms with Crippen LogP contribution in [0.2, 0.25) is 0 Å². The molecule has 0 aliphatic carbocycles. The van der Waals surface area contributed by atoms with E-state index in [0.29, 0.717) is 5.56 Å². The van der Waals surface area contributed by atoms with E-state index in [1.54, 1.807) is 18.2 Å². The molecule has 0 spiro atoms. The number of benzene rings is 1. The molecule has 1 aromatic carbocycles. The first-order chi connectivity index (χ1) is 7.51. The van der Waals surface area contributed by atoms with Gasteiger partial charge in [0.2, 0.25) is 0 Å². The van der Waals surface area contributed by atoms with Gasteiger partial charge in [-0.3, -0.25) is 0 Å². The van der Waals surface area contributed by atoms with Crippen LogP contribution in [0.25, 0.3) is 0 Å². The summed E-state index contributed by atoms with van der Waals surface area (Å²) >= 11 is 0. The summed E-state index contributed by atoms with van der Waals surface area (Å²) in [4.78, 5) is 11.1. The highest BCUT2D eigenvalue weighted by Gasteiger charge is 2.47. The van der Waals surface area contributed by atoms with Crippen molar-refractivity contribution in [2.45, 2.75) is 19.0 Å². The molecule has 0 saturated carbocycles. The van der Waals surface area contributed by atoms with Crippen molar-refractivity contribution in [1.29, 1.82) is 0 Å². The van der Waals surface area contributed by atoms with Crippen molar-refractivity contribution in [3.63, 3.8) is 0 Å². The van der Waals surface area contributed by atoms with Crippen LogP contribution in [0.1, 0.15) is 18.6 Å². The number of hydrogen-bond acceptors (Lipinski definition) is 2. The second-order valence-corrected chi connectivity index (χ2v) is 3.68. The van der Waals surface area contributed by atoms with Crippen LogP contribution in [0.5, 0.6) is 0 Å². The van der Waals surface area contributed by atoms with Gasteiger partial charge in [-0.2, -0.15) is 8.78 Å². The second kappa shape index (κ2) is 3.70. The van der Waals surface area contributed by atoms with Gasteiger partial charge in [0.05, 0.1) is 0 Å². The van der Waals surface area contributed by atoms with E-state index in [4.69, 9.17) is 4.74 Å². The van der Waals surface area contributed by atoms with Gasteiger partial charge in [-0.25, -0.2) is 4.79 Å². The summed E-state index contributed by atoms with van der Waals surface area (Å²) in [5, 5.41) is 0. The van der Waals surface area contributed by atoms with Crippen molar-refractivity contribution in [1.82, 2.24) is 0 Å². The Bertz CT molecular complexity index is 438. The fourth-order valence-electron chi connectivity index (χ4n) is 1.61. The molecule has 2 nitrogen and oxygen atoms in total. The molecule has 0 amide bonds. The average molecular weight is 224 g/mol. The molecule has 1 aromatic rings. The van der Waals surface area contributed by atoms with Crippen molar-refractivity contribution >= 4 is 5.97 Å². The maximum Gasteiger partial charge on any atom is 0.331 e. The summed E-state index contributed by atoms with van der Waals surface area (Å²) in [6.45, 7) is 1.23. The molecule has 0 N–H and O–H groups in total. The van der Waals surface area contributed by atoms with Crippen LogP contribution in [0.15, 0.2) is 42.0 Å². The van der Waals surface area contributed by atoms with Gasteiger partial charge in [-0.05, 0) is 12.5 Å². The molecule has 1 unspecified atom stereocenters. The number of carbonyl (C=O) groups excluding carboxylic acids is 1. The van der Waals surface area contributed by atoms with Crippen LogP contribution < -0.4 is 0 Å². The molecule has 0 radical (unpaired) electrons. The van der Waals surface area contributed by atoms with Gasteiger partial charge in [0.1, 0.15) is 0 Å². The molecule has 16 heavy (non-hydrogen) atoms. The second-order valence-electron chi connectivity index (χ2n) is 3.68. The lowest BCUT2D eigenvalue weighted by atomic mass is 9.96. The fraction of sp³-hybridized carbons (Fsp3) is 0.250. The fourth-order valence-corrected chi connectivity index (χ4v) is 1.61.